The number of alkyl halides is 1. The highest BCUT2D eigenvalue weighted by Crippen LogP contribution is 2.25. The number of nitrogens with one attached hydrogen (secondary N) is 1. The van der Waals surface area contributed by atoms with Crippen LogP contribution in [-0.4, -0.2) is 17.7 Å². The van der Waals surface area contributed by atoms with E-state index in [1.807, 2.05) is 0 Å². The van der Waals surface area contributed by atoms with E-state index in [9.17, 15) is 4.39 Å². The minimum Gasteiger partial charge on any atom is -0.304 e. The van der Waals surface area contributed by atoms with E-state index >= 15 is 0 Å². The summed E-state index contributed by atoms with van der Waals surface area (Å²) in [4.78, 5) is 4.93. The first-order valence-electron chi connectivity index (χ1n) is 4.10. The number of hydrogen-bond donors (Lipinski definition) is 1. The molecule has 12 heavy (non-hydrogen) atoms. The molecule has 1 fully saturated rings. The maximum absolute atomic E-state index is 12.5. The lowest BCUT2D eigenvalue weighted by atomic mass is 10.3. The van der Waals surface area contributed by atoms with Gasteiger partial charge in [0.15, 0.2) is 0 Å². The molecule has 0 aromatic carbocycles. The minimum atomic E-state index is -0.335. The van der Waals surface area contributed by atoms with Crippen molar-refractivity contribution in [3.63, 3.8) is 0 Å². The van der Waals surface area contributed by atoms with Gasteiger partial charge in [-0.2, -0.15) is 0 Å². The van der Waals surface area contributed by atoms with E-state index in [2.05, 4.69) is 10.3 Å². The molecular weight excluding hydrogens is 175 g/mol. The Balaban J connectivity index is 1.97. The van der Waals surface area contributed by atoms with Crippen LogP contribution < -0.4 is 5.32 Å². The molecule has 66 valence electrons. The predicted molar refractivity (Wildman–Crippen MR) is 47.0 cm³/mol. The highest BCUT2D eigenvalue weighted by atomic mass is 32.1. The van der Waals surface area contributed by atoms with Crippen molar-refractivity contribution < 1.29 is 4.39 Å². The number of aromatic nitrogens is 1. The molecule has 0 amide bonds. The zero-order valence-electron chi connectivity index (χ0n) is 6.66. The van der Waals surface area contributed by atoms with Gasteiger partial charge in [-0.3, -0.25) is 4.98 Å². The van der Waals surface area contributed by atoms with Crippen molar-refractivity contribution in [2.45, 2.75) is 24.9 Å². The summed E-state index contributed by atoms with van der Waals surface area (Å²) in [5, 5.41) is 3.24. The minimum absolute atomic E-state index is 0.120. The summed E-state index contributed by atoms with van der Waals surface area (Å²) >= 11 is 1.51. The second kappa shape index (κ2) is 3.49. The molecule has 1 aromatic rings. The Kier molecular flexibility index (Phi) is 2.37. The third-order valence-corrected chi connectivity index (χ3v) is 2.85. The van der Waals surface area contributed by atoms with Gasteiger partial charge in [0.2, 0.25) is 0 Å². The summed E-state index contributed by atoms with van der Waals surface area (Å²) in [6, 6.07) is 0.429. The molecule has 2 nitrogen and oxygen atoms in total. The lowest BCUT2D eigenvalue weighted by Crippen LogP contribution is -2.24. The Bertz CT molecular complexity index is 233. The number of hydrogen-bond acceptors (Lipinski definition) is 3. The number of halogens is 1. The SMILES string of the molecule is FCC(NC1CC1)c1cncs1. The molecule has 0 saturated heterocycles. The van der Waals surface area contributed by atoms with Gasteiger partial charge in [-0.25, -0.2) is 4.39 Å². The molecule has 1 N–H and O–H groups in total. The molecule has 1 aromatic heterocycles. The van der Waals surface area contributed by atoms with Gasteiger partial charge in [-0.05, 0) is 12.8 Å². The van der Waals surface area contributed by atoms with Crippen molar-refractivity contribution >= 4 is 11.3 Å². The zero-order chi connectivity index (χ0) is 8.39. The first kappa shape index (κ1) is 8.13. The van der Waals surface area contributed by atoms with E-state index in [4.69, 9.17) is 0 Å². The van der Waals surface area contributed by atoms with Crippen LogP contribution in [0.3, 0.4) is 0 Å². The lowest BCUT2D eigenvalue weighted by Gasteiger charge is -2.11. The molecule has 1 saturated carbocycles. The van der Waals surface area contributed by atoms with Gasteiger partial charge in [0.05, 0.1) is 11.6 Å². The Morgan fingerprint density at radius 2 is 2.58 bits per heavy atom. The van der Waals surface area contributed by atoms with Crippen LogP contribution in [0.1, 0.15) is 23.8 Å². The number of nitrogens with zero attached hydrogens (tertiary/aromatic N) is 1. The Hall–Kier alpha value is -0.480. The largest absolute Gasteiger partial charge is 0.304 e. The van der Waals surface area contributed by atoms with Crippen LogP contribution in [0.15, 0.2) is 11.7 Å². The number of rotatable bonds is 4. The Morgan fingerprint density at radius 1 is 1.75 bits per heavy atom. The van der Waals surface area contributed by atoms with Crippen molar-refractivity contribution in [2.24, 2.45) is 0 Å². The third-order valence-electron chi connectivity index (χ3n) is 1.96. The van der Waals surface area contributed by atoms with Crippen LogP contribution in [-0.2, 0) is 0 Å². The smallest absolute Gasteiger partial charge is 0.110 e. The topological polar surface area (TPSA) is 24.9 Å². The van der Waals surface area contributed by atoms with E-state index in [0.717, 1.165) is 4.88 Å². The zero-order valence-corrected chi connectivity index (χ0v) is 7.48. The van der Waals surface area contributed by atoms with Gasteiger partial charge in [0.1, 0.15) is 6.67 Å². The monoisotopic (exact) mass is 186 g/mol. The molecule has 0 radical (unpaired) electrons. The van der Waals surface area contributed by atoms with Gasteiger partial charge in [-0.1, -0.05) is 0 Å². The van der Waals surface area contributed by atoms with E-state index in [1.54, 1.807) is 11.7 Å². The molecule has 2 rings (SSSR count). The van der Waals surface area contributed by atoms with Crippen LogP contribution in [0.5, 0.6) is 0 Å². The van der Waals surface area contributed by atoms with E-state index in [1.165, 1.54) is 24.2 Å². The van der Waals surface area contributed by atoms with Crippen LogP contribution in [0.25, 0.3) is 0 Å². The fraction of sp³-hybridized carbons (Fsp3) is 0.625. The van der Waals surface area contributed by atoms with Crippen molar-refractivity contribution in [3.8, 4) is 0 Å². The highest BCUT2D eigenvalue weighted by Gasteiger charge is 2.25. The van der Waals surface area contributed by atoms with Gasteiger partial charge in [0.25, 0.3) is 0 Å². The second-order valence-corrected chi connectivity index (χ2v) is 3.97. The summed E-state index contributed by atoms with van der Waals surface area (Å²) in [6.07, 6.45) is 4.12. The van der Waals surface area contributed by atoms with Crippen molar-refractivity contribution in [1.82, 2.24) is 10.3 Å². The fourth-order valence-corrected chi connectivity index (χ4v) is 1.80. The van der Waals surface area contributed by atoms with Crippen molar-refractivity contribution in [3.05, 3.63) is 16.6 Å². The molecule has 4 heteroatoms. The summed E-state index contributed by atoms with van der Waals surface area (Å²) in [5.41, 5.74) is 1.74. The Labute approximate surface area is 74.8 Å². The standard InChI is InChI=1S/C8H11FN2S/c9-3-7(11-6-1-2-6)8-4-10-5-12-8/h4-7,11H,1-3H2. The van der Waals surface area contributed by atoms with E-state index in [-0.39, 0.29) is 12.7 Å². The lowest BCUT2D eigenvalue weighted by molar-refractivity contribution is 0.383. The molecule has 0 aliphatic heterocycles. The quantitative estimate of drug-likeness (QED) is 0.777. The molecule has 1 atom stereocenters. The Morgan fingerprint density at radius 3 is 3.08 bits per heavy atom. The normalized spacial score (nSPS) is 19.4. The average Bonchev–Trinajstić information content (AvgIpc) is 2.74. The molecule has 0 bridgehead atoms. The van der Waals surface area contributed by atoms with Crippen molar-refractivity contribution in [2.75, 3.05) is 6.67 Å². The predicted octanol–water partition coefficient (Wildman–Crippen LogP) is 1.91. The molecule has 1 aliphatic carbocycles. The molecule has 0 spiro atoms. The molecule has 1 heterocycles. The fourth-order valence-electron chi connectivity index (χ4n) is 1.13. The van der Waals surface area contributed by atoms with Gasteiger partial charge in [0, 0.05) is 17.1 Å². The first-order valence-corrected chi connectivity index (χ1v) is 4.98. The molecular formula is C8H11FN2S. The van der Waals surface area contributed by atoms with Gasteiger partial charge >= 0.3 is 0 Å². The van der Waals surface area contributed by atoms with Crippen LogP contribution >= 0.6 is 11.3 Å². The summed E-state index contributed by atoms with van der Waals surface area (Å²) < 4.78 is 12.5. The van der Waals surface area contributed by atoms with Crippen LogP contribution in [0, 0.1) is 0 Å². The average molecular weight is 186 g/mol. The summed E-state index contributed by atoms with van der Waals surface area (Å²) in [6.45, 7) is -0.335. The van der Waals surface area contributed by atoms with Gasteiger partial charge in [-0.15, -0.1) is 11.3 Å². The van der Waals surface area contributed by atoms with Crippen LogP contribution in [0.4, 0.5) is 4.39 Å². The van der Waals surface area contributed by atoms with E-state index < -0.39 is 0 Å². The number of thiazole rings is 1. The van der Waals surface area contributed by atoms with Gasteiger partial charge < -0.3 is 5.32 Å². The highest BCUT2D eigenvalue weighted by molar-refractivity contribution is 7.09. The first-order chi connectivity index (χ1) is 5.90. The second-order valence-electron chi connectivity index (χ2n) is 3.05. The van der Waals surface area contributed by atoms with E-state index in [0.29, 0.717) is 6.04 Å². The maximum atomic E-state index is 12.5. The van der Waals surface area contributed by atoms with Crippen molar-refractivity contribution in [1.29, 1.82) is 0 Å². The summed E-state index contributed by atoms with van der Waals surface area (Å²) in [7, 11) is 0. The van der Waals surface area contributed by atoms with Crippen LogP contribution in [0.2, 0.25) is 0 Å². The summed E-state index contributed by atoms with van der Waals surface area (Å²) in [5.74, 6) is 0. The maximum Gasteiger partial charge on any atom is 0.110 e. The molecule has 1 unspecified atom stereocenters. The third kappa shape index (κ3) is 1.81. The molecule has 1 aliphatic rings.